The maximum Gasteiger partial charge on any atom is 0.253 e. The lowest BCUT2D eigenvalue weighted by molar-refractivity contribution is -0.119. The standard InChI is InChI=1S/C20H29N3O4S/c1-22(2)20(25)17-9-11-18(12-10-17)23(28(3,26)27)15-19(24)21-14-13-16-7-5-4-6-8-16/h7,9-12H,4-6,8,13-15H2,1-3H3,(H,21,24). The molecule has 0 bridgehead atoms. The van der Waals surface area contributed by atoms with Crippen LogP contribution in [0.2, 0.25) is 0 Å². The van der Waals surface area contributed by atoms with Gasteiger partial charge in [0, 0.05) is 26.2 Å². The predicted molar refractivity (Wildman–Crippen MR) is 111 cm³/mol. The van der Waals surface area contributed by atoms with Crippen LogP contribution in [0.25, 0.3) is 0 Å². The Balaban J connectivity index is 2.00. The van der Waals surface area contributed by atoms with Gasteiger partial charge in [-0.15, -0.1) is 0 Å². The molecule has 1 aromatic carbocycles. The number of nitrogens with one attached hydrogen (secondary N) is 1. The van der Waals surface area contributed by atoms with E-state index in [4.69, 9.17) is 0 Å². The lowest BCUT2D eigenvalue weighted by Crippen LogP contribution is -2.40. The minimum Gasteiger partial charge on any atom is -0.354 e. The fourth-order valence-electron chi connectivity index (χ4n) is 3.11. The van der Waals surface area contributed by atoms with Crippen LogP contribution in [0, 0.1) is 0 Å². The topological polar surface area (TPSA) is 86.8 Å². The Morgan fingerprint density at radius 2 is 1.79 bits per heavy atom. The van der Waals surface area contributed by atoms with Gasteiger partial charge in [-0.1, -0.05) is 11.6 Å². The van der Waals surface area contributed by atoms with Crippen molar-refractivity contribution in [1.82, 2.24) is 10.2 Å². The number of sulfonamides is 1. The van der Waals surface area contributed by atoms with Crippen molar-refractivity contribution in [3.63, 3.8) is 0 Å². The number of rotatable bonds is 8. The second-order valence-corrected chi connectivity index (χ2v) is 9.13. The van der Waals surface area contributed by atoms with Crippen LogP contribution < -0.4 is 9.62 Å². The molecule has 0 saturated heterocycles. The molecule has 0 aromatic heterocycles. The number of allylic oxidation sites excluding steroid dienone is 1. The third-order valence-electron chi connectivity index (χ3n) is 4.65. The van der Waals surface area contributed by atoms with E-state index in [1.807, 2.05) is 0 Å². The Hall–Kier alpha value is -2.35. The van der Waals surface area contributed by atoms with Gasteiger partial charge in [0.05, 0.1) is 11.9 Å². The first-order valence-electron chi connectivity index (χ1n) is 9.42. The third-order valence-corrected chi connectivity index (χ3v) is 5.79. The molecular formula is C20H29N3O4S. The van der Waals surface area contributed by atoms with E-state index in [0.717, 1.165) is 29.8 Å². The van der Waals surface area contributed by atoms with E-state index in [-0.39, 0.29) is 18.4 Å². The van der Waals surface area contributed by atoms with Crippen molar-refractivity contribution in [3.8, 4) is 0 Å². The smallest absolute Gasteiger partial charge is 0.253 e. The molecule has 8 heteroatoms. The second kappa shape index (κ2) is 9.73. The molecule has 1 aromatic rings. The molecule has 0 radical (unpaired) electrons. The third kappa shape index (κ3) is 6.37. The molecule has 28 heavy (non-hydrogen) atoms. The average Bonchev–Trinajstić information content (AvgIpc) is 2.65. The molecule has 0 aliphatic heterocycles. The van der Waals surface area contributed by atoms with Crippen molar-refractivity contribution in [3.05, 3.63) is 41.5 Å². The van der Waals surface area contributed by atoms with Gasteiger partial charge in [0.1, 0.15) is 6.54 Å². The number of carbonyl (C=O) groups excluding carboxylic acids is 2. The lowest BCUT2D eigenvalue weighted by atomic mass is 9.97. The SMILES string of the molecule is CN(C)C(=O)c1ccc(N(CC(=O)NCCC2=CCCCC2)S(C)(=O)=O)cc1. The summed E-state index contributed by atoms with van der Waals surface area (Å²) in [7, 11) is -0.351. The molecule has 154 valence electrons. The van der Waals surface area contributed by atoms with E-state index in [9.17, 15) is 18.0 Å². The van der Waals surface area contributed by atoms with Gasteiger partial charge < -0.3 is 10.2 Å². The Morgan fingerprint density at radius 3 is 2.32 bits per heavy atom. The first kappa shape index (κ1) is 21.9. The number of hydrogen-bond donors (Lipinski definition) is 1. The molecule has 0 atom stereocenters. The first-order chi connectivity index (χ1) is 13.2. The van der Waals surface area contributed by atoms with E-state index in [0.29, 0.717) is 17.8 Å². The number of anilines is 1. The van der Waals surface area contributed by atoms with Crippen molar-refractivity contribution in [2.24, 2.45) is 0 Å². The number of amides is 2. The number of hydrogen-bond acceptors (Lipinski definition) is 4. The summed E-state index contributed by atoms with van der Waals surface area (Å²) in [5.41, 5.74) is 2.16. The summed E-state index contributed by atoms with van der Waals surface area (Å²) in [6, 6.07) is 6.20. The Labute approximate surface area is 167 Å². The first-order valence-corrected chi connectivity index (χ1v) is 11.3. The highest BCUT2D eigenvalue weighted by molar-refractivity contribution is 7.92. The zero-order valence-electron chi connectivity index (χ0n) is 16.8. The molecule has 1 aliphatic carbocycles. The number of carbonyl (C=O) groups is 2. The highest BCUT2D eigenvalue weighted by atomic mass is 32.2. The van der Waals surface area contributed by atoms with Gasteiger partial charge in [-0.25, -0.2) is 8.42 Å². The molecule has 0 spiro atoms. The average molecular weight is 408 g/mol. The lowest BCUT2D eigenvalue weighted by Gasteiger charge is -2.22. The predicted octanol–water partition coefficient (Wildman–Crippen LogP) is 2.16. The number of nitrogens with zero attached hydrogens (tertiary/aromatic N) is 2. The Kier molecular flexibility index (Phi) is 7.62. The van der Waals surface area contributed by atoms with E-state index < -0.39 is 10.0 Å². The van der Waals surface area contributed by atoms with Crippen LogP contribution in [0.1, 0.15) is 42.5 Å². The quantitative estimate of drug-likeness (QED) is 0.669. The highest BCUT2D eigenvalue weighted by Crippen LogP contribution is 2.20. The van der Waals surface area contributed by atoms with Crippen molar-refractivity contribution in [2.45, 2.75) is 32.1 Å². The van der Waals surface area contributed by atoms with Crippen LogP contribution in [-0.2, 0) is 14.8 Å². The van der Waals surface area contributed by atoms with Crippen LogP contribution in [0.15, 0.2) is 35.9 Å². The van der Waals surface area contributed by atoms with E-state index in [2.05, 4.69) is 11.4 Å². The van der Waals surface area contributed by atoms with Crippen molar-refractivity contribution in [1.29, 1.82) is 0 Å². The monoisotopic (exact) mass is 407 g/mol. The molecule has 1 aliphatic rings. The maximum atomic E-state index is 12.3. The van der Waals surface area contributed by atoms with Crippen LogP contribution in [0.5, 0.6) is 0 Å². The molecule has 2 amide bonds. The number of benzene rings is 1. The zero-order chi connectivity index (χ0) is 20.7. The van der Waals surface area contributed by atoms with Gasteiger partial charge in [-0.2, -0.15) is 0 Å². The fourth-order valence-corrected chi connectivity index (χ4v) is 3.97. The largest absolute Gasteiger partial charge is 0.354 e. The van der Waals surface area contributed by atoms with Crippen molar-refractivity contribution >= 4 is 27.5 Å². The highest BCUT2D eigenvalue weighted by Gasteiger charge is 2.21. The van der Waals surface area contributed by atoms with Gasteiger partial charge in [0.15, 0.2) is 0 Å². The summed E-state index contributed by atoms with van der Waals surface area (Å²) >= 11 is 0. The summed E-state index contributed by atoms with van der Waals surface area (Å²) in [5, 5.41) is 2.80. The maximum absolute atomic E-state index is 12.3. The van der Waals surface area contributed by atoms with Crippen LogP contribution in [-0.4, -0.2) is 58.6 Å². The molecular weight excluding hydrogens is 378 g/mol. The van der Waals surface area contributed by atoms with E-state index in [1.54, 1.807) is 26.2 Å². The summed E-state index contributed by atoms with van der Waals surface area (Å²) in [4.78, 5) is 25.7. The molecule has 0 fully saturated rings. The van der Waals surface area contributed by atoms with Gasteiger partial charge in [-0.3, -0.25) is 13.9 Å². The summed E-state index contributed by atoms with van der Waals surface area (Å²) in [5.74, 6) is -0.525. The van der Waals surface area contributed by atoms with Crippen LogP contribution >= 0.6 is 0 Å². The molecule has 7 nitrogen and oxygen atoms in total. The van der Waals surface area contributed by atoms with E-state index >= 15 is 0 Å². The summed E-state index contributed by atoms with van der Waals surface area (Å²) in [6.45, 7) is 0.206. The molecule has 0 saturated carbocycles. The summed E-state index contributed by atoms with van der Waals surface area (Å²) in [6.07, 6.45) is 8.67. The molecule has 1 N–H and O–H groups in total. The van der Waals surface area contributed by atoms with Crippen molar-refractivity contribution in [2.75, 3.05) is 37.7 Å². The molecule has 0 unspecified atom stereocenters. The van der Waals surface area contributed by atoms with E-state index in [1.165, 1.54) is 35.4 Å². The van der Waals surface area contributed by atoms with Crippen LogP contribution in [0.3, 0.4) is 0 Å². The Morgan fingerprint density at radius 1 is 1.11 bits per heavy atom. The normalized spacial score (nSPS) is 14.2. The minimum atomic E-state index is -3.64. The Bertz CT molecular complexity index is 830. The van der Waals surface area contributed by atoms with Gasteiger partial charge >= 0.3 is 0 Å². The minimum absolute atomic E-state index is 0.174. The van der Waals surface area contributed by atoms with Crippen molar-refractivity contribution < 1.29 is 18.0 Å². The molecule has 0 heterocycles. The van der Waals surface area contributed by atoms with Gasteiger partial charge in [-0.05, 0) is 56.4 Å². The second-order valence-electron chi connectivity index (χ2n) is 7.22. The van der Waals surface area contributed by atoms with Crippen LogP contribution in [0.4, 0.5) is 5.69 Å². The van der Waals surface area contributed by atoms with Gasteiger partial charge in [0.2, 0.25) is 15.9 Å². The van der Waals surface area contributed by atoms with Gasteiger partial charge in [0.25, 0.3) is 5.91 Å². The fraction of sp³-hybridized carbons (Fsp3) is 0.500. The molecule has 2 rings (SSSR count). The summed E-state index contributed by atoms with van der Waals surface area (Å²) < 4.78 is 25.4. The zero-order valence-corrected chi connectivity index (χ0v) is 17.6.